The van der Waals surface area contributed by atoms with Gasteiger partial charge in [0.15, 0.2) is 5.60 Å². The topological polar surface area (TPSA) is 131 Å². The molecular formula is C28H26FN3O6. The molecule has 0 spiro atoms. The molecule has 196 valence electrons. The molecule has 3 aromatic rings. The van der Waals surface area contributed by atoms with E-state index < -0.39 is 30.1 Å². The Hall–Kier alpha value is -3.63. The van der Waals surface area contributed by atoms with Crippen molar-refractivity contribution in [3.8, 4) is 11.4 Å². The van der Waals surface area contributed by atoms with E-state index in [1.54, 1.807) is 17.6 Å². The molecule has 1 fully saturated rings. The van der Waals surface area contributed by atoms with Gasteiger partial charge < -0.3 is 24.8 Å². The maximum atomic E-state index is 14.9. The van der Waals surface area contributed by atoms with E-state index in [1.807, 2.05) is 0 Å². The number of rotatable bonds is 4. The second kappa shape index (κ2) is 7.94. The molecule has 10 heteroatoms. The van der Waals surface area contributed by atoms with E-state index in [0.717, 1.165) is 34.9 Å². The number of nitrogens with one attached hydrogen (secondary N) is 1. The third-order valence-corrected chi connectivity index (χ3v) is 8.63. The molecule has 1 aromatic carbocycles. The summed E-state index contributed by atoms with van der Waals surface area (Å²) in [5.41, 5.74) is 2.35. The first-order valence-corrected chi connectivity index (χ1v) is 12.9. The zero-order valence-corrected chi connectivity index (χ0v) is 20.8. The lowest BCUT2D eigenvalue weighted by Crippen LogP contribution is -2.45. The zero-order chi connectivity index (χ0) is 26.5. The number of aliphatic hydroxyl groups excluding tert-OH is 1. The molecule has 9 nitrogen and oxygen atoms in total. The van der Waals surface area contributed by atoms with Crippen molar-refractivity contribution in [2.75, 3.05) is 6.61 Å². The van der Waals surface area contributed by atoms with E-state index in [4.69, 9.17) is 9.72 Å². The molecule has 2 aromatic heterocycles. The van der Waals surface area contributed by atoms with Gasteiger partial charge in [0.25, 0.3) is 5.56 Å². The third kappa shape index (κ3) is 3.16. The number of amides is 1. The Morgan fingerprint density at radius 1 is 1.24 bits per heavy atom. The number of ether oxygens (including phenoxy) is 1. The Morgan fingerprint density at radius 3 is 2.76 bits per heavy atom. The quantitative estimate of drug-likeness (QED) is 0.352. The summed E-state index contributed by atoms with van der Waals surface area (Å²) in [5, 5.41) is 24.5. The molecule has 2 aliphatic carbocycles. The number of aromatic nitrogens is 2. The standard InChI is InChI=1S/C28H26FN3O6/c1-12-14-4-5-19(30-22(34)10-33)24-15-9-32-21(25(15)31-20(23(14)24)7-18(12)29)6-17-16(26(32)35)11-38-27(36)28(17,37)8-13-2-3-13/h6-7,13,19,33,37H,2-5,8-11H2,1H3,(H,30,34)/t19-,28+/m1/s1. The summed E-state index contributed by atoms with van der Waals surface area (Å²) in [5.74, 6) is -1.48. The second-order valence-electron chi connectivity index (χ2n) is 10.9. The van der Waals surface area contributed by atoms with Crippen LogP contribution in [0.3, 0.4) is 0 Å². The fourth-order valence-corrected chi connectivity index (χ4v) is 6.54. The van der Waals surface area contributed by atoms with Crippen LogP contribution in [-0.2, 0) is 39.5 Å². The minimum Gasteiger partial charge on any atom is -0.458 e. The minimum atomic E-state index is -1.91. The SMILES string of the molecule is Cc1c(F)cc2nc3c(c4c2c1CC[C@H]4NC(=O)CO)Cn1c-3cc2c(c1=O)COC(=O)[C@]2(O)CC1CC1. The monoisotopic (exact) mass is 519 g/mol. The molecule has 7 rings (SSSR count). The number of hydrogen-bond acceptors (Lipinski definition) is 7. The average molecular weight is 520 g/mol. The summed E-state index contributed by atoms with van der Waals surface area (Å²) in [7, 11) is 0. The number of fused-ring (bicyclic) bond motifs is 5. The van der Waals surface area contributed by atoms with Gasteiger partial charge in [0, 0.05) is 22.6 Å². The maximum absolute atomic E-state index is 14.9. The van der Waals surface area contributed by atoms with E-state index in [2.05, 4.69) is 5.32 Å². The molecule has 4 aliphatic rings. The summed E-state index contributed by atoms with van der Waals surface area (Å²) in [6.45, 7) is 1.01. The Labute approximate surface area is 216 Å². The number of hydrogen-bond donors (Lipinski definition) is 3. The number of pyridine rings is 2. The van der Waals surface area contributed by atoms with Gasteiger partial charge in [0.05, 0.1) is 35.1 Å². The Kier molecular flexibility index (Phi) is 4.91. The third-order valence-electron chi connectivity index (χ3n) is 8.63. The summed E-state index contributed by atoms with van der Waals surface area (Å²) < 4.78 is 21.8. The van der Waals surface area contributed by atoms with E-state index >= 15 is 0 Å². The van der Waals surface area contributed by atoms with Gasteiger partial charge in [-0.1, -0.05) is 12.8 Å². The number of halogens is 1. The number of aryl methyl sites for hydroxylation is 1. The Balaban J connectivity index is 1.49. The van der Waals surface area contributed by atoms with Crippen LogP contribution in [-0.4, -0.2) is 38.2 Å². The molecule has 0 unspecified atom stereocenters. The van der Waals surface area contributed by atoms with Crippen LogP contribution in [0.5, 0.6) is 0 Å². The molecule has 38 heavy (non-hydrogen) atoms. The predicted molar refractivity (Wildman–Crippen MR) is 133 cm³/mol. The van der Waals surface area contributed by atoms with E-state index in [9.17, 15) is 29.0 Å². The summed E-state index contributed by atoms with van der Waals surface area (Å²) in [6, 6.07) is 2.57. The van der Waals surface area contributed by atoms with E-state index in [-0.39, 0.29) is 48.0 Å². The predicted octanol–water partition coefficient (Wildman–Crippen LogP) is 2.01. The highest BCUT2D eigenvalue weighted by Gasteiger charge is 2.49. The van der Waals surface area contributed by atoms with Crippen molar-refractivity contribution in [3.63, 3.8) is 0 Å². The fraction of sp³-hybridized carbons (Fsp3) is 0.429. The van der Waals surface area contributed by atoms with Crippen LogP contribution in [0.25, 0.3) is 22.3 Å². The number of cyclic esters (lactones) is 1. The summed E-state index contributed by atoms with van der Waals surface area (Å²) >= 11 is 0. The van der Waals surface area contributed by atoms with Gasteiger partial charge in [-0.15, -0.1) is 0 Å². The van der Waals surface area contributed by atoms with Crippen LogP contribution in [0.1, 0.15) is 65.1 Å². The molecule has 0 saturated heterocycles. The number of benzene rings is 1. The molecule has 2 atom stereocenters. The molecule has 4 heterocycles. The normalized spacial score (nSPS) is 23.1. The Morgan fingerprint density at radius 2 is 2.03 bits per heavy atom. The number of aliphatic hydroxyl groups is 2. The lowest BCUT2D eigenvalue weighted by Gasteiger charge is -2.32. The lowest BCUT2D eigenvalue weighted by molar-refractivity contribution is -0.173. The van der Waals surface area contributed by atoms with Crippen LogP contribution in [0.2, 0.25) is 0 Å². The first kappa shape index (κ1) is 23.5. The largest absolute Gasteiger partial charge is 0.458 e. The van der Waals surface area contributed by atoms with Gasteiger partial charge in [-0.25, -0.2) is 14.2 Å². The summed E-state index contributed by atoms with van der Waals surface area (Å²) in [6.07, 6.45) is 3.03. The van der Waals surface area contributed by atoms with Crippen LogP contribution >= 0.6 is 0 Å². The number of nitrogens with zero attached hydrogens (tertiary/aromatic N) is 2. The highest BCUT2D eigenvalue weighted by Crippen LogP contribution is 2.47. The van der Waals surface area contributed by atoms with E-state index in [1.165, 1.54) is 6.07 Å². The molecule has 0 radical (unpaired) electrons. The smallest absolute Gasteiger partial charge is 0.343 e. The van der Waals surface area contributed by atoms with E-state index in [0.29, 0.717) is 35.3 Å². The van der Waals surface area contributed by atoms with Gasteiger partial charge in [-0.3, -0.25) is 9.59 Å². The van der Waals surface area contributed by atoms with Crippen molar-refractivity contribution in [3.05, 3.63) is 61.7 Å². The minimum absolute atomic E-state index is 0.172. The van der Waals surface area contributed by atoms with Crippen molar-refractivity contribution in [2.45, 2.75) is 63.8 Å². The second-order valence-corrected chi connectivity index (χ2v) is 10.9. The van der Waals surface area contributed by atoms with Gasteiger partial charge in [-0.05, 0) is 54.9 Å². The van der Waals surface area contributed by atoms with Crippen molar-refractivity contribution in [2.24, 2.45) is 5.92 Å². The van der Waals surface area contributed by atoms with Gasteiger partial charge >= 0.3 is 5.97 Å². The molecule has 2 aliphatic heterocycles. The number of carbonyl (C=O) groups excluding carboxylic acids is 2. The first-order valence-electron chi connectivity index (χ1n) is 12.9. The van der Waals surface area contributed by atoms with Gasteiger partial charge in [0.2, 0.25) is 5.91 Å². The van der Waals surface area contributed by atoms with Gasteiger partial charge in [-0.2, -0.15) is 0 Å². The molecular weight excluding hydrogens is 493 g/mol. The van der Waals surface area contributed by atoms with Crippen LogP contribution in [0, 0.1) is 18.7 Å². The molecule has 1 saturated carbocycles. The van der Waals surface area contributed by atoms with Crippen LogP contribution in [0.4, 0.5) is 4.39 Å². The van der Waals surface area contributed by atoms with Crippen LogP contribution < -0.4 is 10.9 Å². The molecule has 1 amide bonds. The fourth-order valence-electron chi connectivity index (χ4n) is 6.54. The maximum Gasteiger partial charge on any atom is 0.343 e. The van der Waals surface area contributed by atoms with Crippen molar-refractivity contribution in [1.29, 1.82) is 0 Å². The zero-order valence-electron chi connectivity index (χ0n) is 20.8. The van der Waals surface area contributed by atoms with Crippen molar-refractivity contribution >= 4 is 22.8 Å². The highest BCUT2D eigenvalue weighted by atomic mass is 19.1. The highest BCUT2D eigenvalue weighted by molar-refractivity contribution is 5.94. The number of esters is 1. The van der Waals surface area contributed by atoms with Crippen LogP contribution in [0.15, 0.2) is 16.9 Å². The Bertz CT molecular complexity index is 1660. The van der Waals surface area contributed by atoms with Gasteiger partial charge in [0.1, 0.15) is 19.0 Å². The summed E-state index contributed by atoms with van der Waals surface area (Å²) in [4.78, 5) is 43.5. The lowest BCUT2D eigenvalue weighted by atomic mass is 9.81. The first-order chi connectivity index (χ1) is 18.2. The number of carbonyl (C=O) groups is 2. The molecule has 3 N–H and O–H groups in total. The average Bonchev–Trinajstić information content (AvgIpc) is 3.63. The van der Waals surface area contributed by atoms with Crippen molar-refractivity contribution < 1.29 is 28.9 Å². The molecule has 0 bridgehead atoms. The van der Waals surface area contributed by atoms with Crippen molar-refractivity contribution in [1.82, 2.24) is 14.9 Å².